The highest BCUT2D eigenvalue weighted by Crippen LogP contribution is 2.26. The lowest BCUT2D eigenvalue weighted by Gasteiger charge is -2.25. The Morgan fingerprint density at radius 2 is 1.96 bits per heavy atom. The van der Waals surface area contributed by atoms with Gasteiger partial charge >= 0.3 is 6.03 Å². The van der Waals surface area contributed by atoms with Crippen LogP contribution in [0.3, 0.4) is 0 Å². The lowest BCUT2D eigenvalue weighted by Crippen LogP contribution is -2.42. The van der Waals surface area contributed by atoms with Crippen molar-refractivity contribution in [3.8, 4) is 5.75 Å². The number of nitrogens with zero attached hydrogens (tertiary/aromatic N) is 1. The van der Waals surface area contributed by atoms with Gasteiger partial charge in [-0.25, -0.2) is 4.79 Å². The molecule has 1 saturated heterocycles. The summed E-state index contributed by atoms with van der Waals surface area (Å²) in [6, 6.07) is 7.33. The van der Waals surface area contributed by atoms with E-state index in [1.807, 2.05) is 24.3 Å². The maximum atomic E-state index is 12.4. The second kappa shape index (κ2) is 7.21. The molecule has 0 aromatic heterocycles. The standard InChI is InChI=1S/C18H26N2O3/c1-13-10-11-20(17(13)12-21)18(22)19-14-6-8-16(9-7-14)23-15-4-2-3-5-15/h6-9,13,15,17,21H,2-5,10-12H2,1H3,(H,19,22)/t13-,17-/m0/s1. The van der Waals surface area contributed by atoms with E-state index in [2.05, 4.69) is 12.2 Å². The van der Waals surface area contributed by atoms with E-state index in [1.165, 1.54) is 12.8 Å². The number of carbonyl (C=O) groups is 1. The maximum absolute atomic E-state index is 12.4. The Morgan fingerprint density at radius 3 is 2.61 bits per heavy atom. The van der Waals surface area contributed by atoms with Gasteiger partial charge in [-0.1, -0.05) is 6.92 Å². The number of urea groups is 1. The van der Waals surface area contributed by atoms with Crippen LogP contribution in [-0.2, 0) is 0 Å². The third kappa shape index (κ3) is 3.78. The summed E-state index contributed by atoms with van der Waals surface area (Å²) in [7, 11) is 0. The van der Waals surface area contributed by atoms with Crippen molar-refractivity contribution in [2.45, 2.75) is 51.2 Å². The SMILES string of the molecule is C[C@H]1CCN(C(=O)Nc2ccc(OC3CCCC3)cc2)[C@H]1CO. The van der Waals surface area contributed by atoms with Crippen LogP contribution in [0.1, 0.15) is 39.0 Å². The van der Waals surface area contributed by atoms with Crippen molar-refractivity contribution < 1.29 is 14.6 Å². The Hall–Kier alpha value is -1.75. The molecule has 126 valence electrons. The number of ether oxygens (including phenoxy) is 1. The number of carbonyl (C=O) groups excluding carboxylic acids is 1. The van der Waals surface area contributed by atoms with Gasteiger partial charge < -0.3 is 20.1 Å². The lowest BCUT2D eigenvalue weighted by atomic mass is 10.0. The number of hydrogen-bond acceptors (Lipinski definition) is 3. The van der Waals surface area contributed by atoms with E-state index >= 15 is 0 Å². The number of hydrogen-bond donors (Lipinski definition) is 2. The largest absolute Gasteiger partial charge is 0.490 e. The molecule has 0 spiro atoms. The normalized spacial score (nSPS) is 24.9. The Kier molecular flexibility index (Phi) is 5.06. The molecule has 1 saturated carbocycles. The Labute approximate surface area is 137 Å². The van der Waals surface area contributed by atoms with Crippen LogP contribution < -0.4 is 10.1 Å². The minimum atomic E-state index is -0.141. The average Bonchev–Trinajstić information content (AvgIpc) is 3.18. The zero-order valence-electron chi connectivity index (χ0n) is 13.7. The van der Waals surface area contributed by atoms with Gasteiger partial charge in [0.15, 0.2) is 0 Å². The van der Waals surface area contributed by atoms with Crippen LogP contribution in [0.5, 0.6) is 5.75 Å². The molecule has 1 heterocycles. The van der Waals surface area contributed by atoms with Crippen LogP contribution in [0.15, 0.2) is 24.3 Å². The Bertz CT molecular complexity index is 526. The summed E-state index contributed by atoms with van der Waals surface area (Å²) in [6.45, 7) is 2.78. The second-order valence-electron chi connectivity index (χ2n) is 6.69. The number of aliphatic hydroxyl groups excluding tert-OH is 1. The van der Waals surface area contributed by atoms with E-state index in [-0.39, 0.29) is 18.7 Å². The fourth-order valence-corrected chi connectivity index (χ4v) is 3.55. The molecule has 1 aliphatic heterocycles. The third-order valence-electron chi connectivity index (χ3n) is 5.04. The number of rotatable bonds is 4. The quantitative estimate of drug-likeness (QED) is 0.896. The first-order chi connectivity index (χ1) is 11.2. The second-order valence-corrected chi connectivity index (χ2v) is 6.69. The van der Waals surface area contributed by atoms with Crippen LogP contribution >= 0.6 is 0 Å². The van der Waals surface area contributed by atoms with Crippen molar-refractivity contribution >= 4 is 11.7 Å². The molecule has 3 rings (SSSR count). The zero-order valence-corrected chi connectivity index (χ0v) is 13.7. The molecule has 1 aromatic carbocycles. The summed E-state index contributed by atoms with van der Waals surface area (Å²) >= 11 is 0. The summed E-state index contributed by atoms with van der Waals surface area (Å²) in [5.41, 5.74) is 0.755. The summed E-state index contributed by atoms with van der Waals surface area (Å²) < 4.78 is 5.93. The van der Waals surface area contributed by atoms with Gasteiger partial charge in [-0.3, -0.25) is 0 Å². The van der Waals surface area contributed by atoms with Gasteiger partial charge in [0, 0.05) is 12.2 Å². The van der Waals surface area contributed by atoms with E-state index in [0.29, 0.717) is 18.6 Å². The molecular formula is C18H26N2O3. The molecule has 2 N–H and O–H groups in total. The van der Waals surface area contributed by atoms with Crippen LogP contribution in [0, 0.1) is 5.92 Å². The van der Waals surface area contributed by atoms with Crippen molar-refractivity contribution in [3.05, 3.63) is 24.3 Å². The van der Waals surface area contributed by atoms with E-state index in [9.17, 15) is 9.90 Å². The van der Waals surface area contributed by atoms with Gasteiger partial charge in [-0.2, -0.15) is 0 Å². The summed E-state index contributed by atoms with van der Waals surface area (Å²) in [5.74, 6) is 1.20. The number of likely N-dealkylation sites (tertiary alicyclic amines) is 1. The average molecular weight is 318 g/mol. The Morgan fingerprint density at radius 1 is 1.26 bits per heavy atom. The topological polar surface area (TPSA) is 61.8 Å². The van der Waals surface area contributed by atoms with E-state index in [0.717, 1.165) is 30.7 Å². The van der Waals surface area contributed by atoms with Crippen LogP contribution in [-0.4, -0.2) is 41.3 Å². The van der Waals surface area contributed by atoms with Crippen molar-refractivity contribution in [3.63, 3.8) is 0 Å². The highest BCUT2D eigenvalue weighted by molar-refractivity contribution is 5.89. The fourth-order valence-electron chi connectivity index (χ4n) is 3.55. The minimum Gasteiger partial charge on any atom is -0.490 e. The van der Waals surface area contributed by atoms with Gasteiger partial charge in [0.05, 0.1) is 18.8 Å². The third-order valence-corrected chi connectivity index (χ3v) is 5.04. The lowest BCUT2D eigenvalue weighted by molar-refractivity contribution is 0.152. The predicted molar refractivity (Wildman–Crippen MR) is 89.7 cm³/mol. The number of amides is 2. The molecule has 5 heteroatoms. The smallest absolute Gasteiger partial charge is 0.322 e. The van der Waals surface area contributed by atoms with Gasteiger partial charge in [0.1, 0.15) is 5.75 Å². The highest BCUT2D eigenvalue weighted by atomic mass is 16.5. The molecule has 2 atom stereocenters. The molecule has 0 radical (unpaired) electrons. The van der Waals surface area contributed by atoms with Crippen molar-refractivity contribution in [1.82, 2.24) is 4.90 Å². The first-order valence-corrected chi connectivity index (χ1v) is 8.62. The zero-order chi connectivity index (χ0) is 16.2. The van der Waals surface area contributed by atoms with E-state index in [1.54, 1.807) is 4.90 Å². The molecule has 2 fully saturated rings. The molecule has 0 bridgehead atoms. The molecule has 0 unspecified atom stereocenters. The van der Waals surface area contributed by atoms with Crippen LogP contribution in [0.4, 0.5) is 10.5 Å². The van der Waals surface area contributed by atoms with Gasteiger partial charge in [0.25, 0.3) is 0 Å². The van der Waals surface area contributed by atoms with Gasteiger partial charge in [-0.05, 0) is 62.3 Å². The van der Waals surface area contributed by atoms with Crippen LogP contribution in [0.2, 0.25) is 0 Å². The molecule has 2 amide bonds. The predicted octanol–water partition coefficient (Wildman–Crippen LogP) is 3.24. The van der Waals surface area contributed by atoms with Crippen LogP contribution in [0.25, 0.3) is 0 Å². The van der Waals surface area contributed by atoms with Gasteiger partial charge in [0.2, 0.25) is 0 Å². The monoisotopic (exact) mass is 318 g/mol. The van der Waals surface area contributed by atoms with Gasteiger partial charge in [-0.15, -0.1) is 0 Å². The Balaban J connectivity index is 1.56. The molecule has 23 heavy (non-hydrogen) atoms. The summed E-state index contributed by atoms with van der Waals surface area (Å²) in [4.78, 5) is 14.1. The molecule has 1 aromatic rings. The molecule has 1 aliphatic carbocycles. The summed E-state index contributed by atoms with van der Waals surface area (Å²) in [6.07, 6.45) is 6.04. The minimum absolute atomic E-state index is 0.0166. The number of benzene rings is 1. The van der Waals surface area contributed by atoms with Crippen molar-refractivity contribution in [1.29, 1.82) is 0 Å². The number of anilines is 1. The first kappa shape index (κ1) is 16.1. The highest BCUT2D eigenvalue weighted by Gasteiger charge is 2.33. The fraction of sp³-hybridized carbons (Fsp3) is 0.611. The molecular weight excluding hydrogens is 292 g/mol. The van der Waals surface area contributed by atoms with Crippen molar-refractivity contribution in [2.75, 3.05) is 18.5 Å². The molecule has 5 nitrogen and oxygen atoms in total. The maximum Gasteiger partial charge on any atom is 0.322 e. The molecule has 2 aliphatic rings. The van der Waals surface area contributed by atoms with Crippen molar-refractivity contribution in [2.24, 2.45) is 5.92 Å². The number of nitrogens with one attached hydrogen (secondary N) is 1. The first-order valence-electron chi connectivity index (χ1n) is 8.62. The number of aliphatic hydroxyl groups is 1. The van der Waals surface area contributed by atoms with E-state index in [4.69, 9.17) is 4.74 Å². The van der Waals surface area contributed by atoms with E-state index < -0.39 is 0 Å². The summed E-state index contributed by atoms with van der Waals surface area (Å²) in [5, 5.41) is 12.4.